The van der Waals surface area contributed by atoms with E-state index in [2.05, 4.69) is 0 Å². The summed E-state index contributed by atoms with van der Waals surface area (Å²) in [4.78, 5) is 0. The minimum atomic E-state index is -0.266. The smallest absolute Gasteiger partial charge is 0.127 e. The largest absolute Gasteiger partial charge is 0.490 e. The summed E-state index contributed by atoms with van der Waals surface area (Å²) in [5.41, 5.74) is 6.72. The predicted octanol–water partition coefficient (Wildman–Crippen LogP) is 3.17. The number of hydrogen-bond donors (Lipinski definition) is 1. The van der Waals surface area contributed by atoms with Crippen molar-refractivity contribution >= 4 is 0 Å². The van der Waals surface area contributed by atoms with Crippen molar-refractivity contribution in [3.63, 3.8) is 0 Å². The second-order valence-electron chi connectivity index (χ2n) is 4.50. The second-order valence-corrected chi connectivity index (χ2v) is 4.50. The van der Waals surface area contributed by atoms with Gasteiger partial charge in [-0.2, -0.15) is 0 Å². The van der Waals surface area contributed by atoms with Crippen molar-refractivity contribution in [2.75, 3.05) is 0 Å². The molecular formula is C13H18FNO. The lowest BCUT2D eigenvalue weighted by Crippen LogP contribution is -2.15. The van der Waals surface area contributed by atoms with Gasteiger partial charge in [0, 0.05) is 17.7 Å². The molecule has 0 aliphatic heterocycles. The van der Waals surface area contributed by atoms with Gasteiger partial charge >= 0.3 is 0 Å². The molecule has 1 aromatic rings. The Morgan fingerprint density at radius 3 is 2.69 bits per heavy atom. The van der Waals surface area contributed by atoms with Gasteiger partial charge in [0.25, 0.3) is 0 Å². The molecule has 1 fully saturated rings. The van der Waals surface area contributed by atoms with E-state index in [9.17, 15) is 4.39 Å². The second kappa shape index (κ2) is 4.83. The average Bonchev–Trinajstić information content (AvgIpc) is 2.70. The first-order chi connectivity index (χ1) is 7.66. The van der Waals surface area contributed by atoms with Crippen LogP contribution in [-0.2, 0) is 0 Å². The SMILES string of the molecule is C[C@@H](N)c1ccc(F)cc1OC1CCCC1. The van der Waals surface area contributed by atoms with Gasteiger partial charge in [-0.25, -0.2) is 4.39 Å². The summed E-state index contributed by atoms with van der Waals surface area (Å²) in [6.07, 6.45) is 4.77. The number of nitrogens with two attached hydrogens (primary N) is 1. The number of hydrogen-bond acceptors (Lipinski definition) is 2. The van der Waals surface area contributed by atoms with Gasteiger partial charge in [0.15, 0.2) is 0 Å². The minimum Gasteiger partial charge on any atom is -0.490 e. The normalized spacial score (nSPS) is 18.7. The first-order valence-corrected chi connectivity index (χ1v) is 5.88. The molecule has 1 saturated carbocycles. The fourth-order valence-corrected chi connectivity index (χ4v) is 2.17. The summed E-state index contributed by atoms with van der Waals surface area (Å²) < 4.78 is 19.0. The van der Waals surface area contributed by atoms with Gasteiger partial charge in [0.05, 0.1) is 6.10 Å². The first kappa shape index (κ1) is 11.4. The highest BCUT2D eigenvalue weighted by Gasteiger charge is 2.19. The number of halogens is 1. The first-order valence-electron chi connectivity index (χ1n) is 5.88. The van der Waals surface area contributed by atoms with Crippen LogP contribution in [0.25, 0.3) is 0 Å². The number of rotatable bonds is 3. The zero-order chi connectivity index (χ0) is 11.5. The van der Waals surface area contributed by atoms with Crippen LogP contribution in [0.5, 0.6) is 5.75 Å². The average molecular weight is 223 g/mol. The molecule has 0 saturated heterocycles. The Balaban J connectivity index is 2.19. The van der Waals surface area contributed by atoms with Crippen molar-refractivity contribution in [3.05, 3.63) is 29.6 Å². The zero-order valence-electron chi connectivity index (χ0n) is 9.58. The molecule has 0 spiro atoms. The summed E-state index contributed by atoms with van der Waals surface area (Å²) in [5, 5.41) is 0. The summed E-state index contributed by atoms with van der Waals surface area (Å²) in [6, 6.07) is 4.46. The highest BCUT2D eigenvalue weighted by atomic mass is 19.1. The van der Waals surface area contributed by atoms with E-state index in [1.54, 1.807) is 6.07 Å². The lowest BCUT2D eigenvalue weighted by atomic mass is 10.1. The minimum absolute atomic E-state index is 0.128. The highest BCUT2D eigenvalue weighted by Crippen LogP contribution is 2.29. The van der Waals surface area contributed by atoms with Gasteiger partial charge < -0.3 is 10.5 Å². The maximum atomic E-state index is 13.2. The molecule has 0 heterocycles. The molecule has 0 unspecified atom stereocenters. The van der Waals surface area contributed by atoms with Crippen molar-refractivity contribution in [1.82, 2.24) is 0 Å². The van der Waals surface area contributed by atoms with E-state index in [-0.39, 0.29) is 18.0 Å². The van der Waals surface area contributed by atoms with E-state index in [0.717, 1.165) is 18.4 Å². The summed E-state index contributed by atoms with van der Waals surface area (Å²) >= 11 is 0. The Labute approximate surface area is 95.6 Å². The molecule has 0 amide bonds. The third kappa shape index (κ3) is 2.53. The topological polar surface area (TPSA) is 35.2 Å². The molecule has 1 aromatic carbocycles. The molecule has 88 valence electrons. The van der Waals surface area contributed by atoms with Crippen LogP contribution in [0.15, 0.2) is 18.2 Å². The van der Waals surface area contributed by atoms with E-state index in [4.69, 9.17) is 10.5 Å². The van der Waals surface area contributed by atoms with Crippen molar-refractivity contribution in [3.8, 4) is 5.75 Å². The quantitative estimate of drug-likeness (QED) is 0.854. The molecular weight excluding hydrogens is 205 g/mol. The van der Waals surface area contributed by atoms with Gasteiger partial charge in [0.2, 0.25) is 0 Å². The fraction of sp³-hybridized carbons (Fsp3) is 0.538. The molecule has 3 heteroatoms. The predicted molar refractivity (Wildman–Crippen MR) is 61.9 cm³/mol. The molecule has 1 atom stereocenters. The van der Waals surface area contributed by atoms with Crippen LogP contribution in [0.2, 0.25) is 0 Å². The molecule has 0 aromatic heterocycles. The Kier molecular flexibility index (Phi) is 3.44. The molecule has 0 bridgehead atoms. The van der Waals surface area contributed by atoms with Crippen LogP contribution in [0.3, 0.4) is 0 Å². The number of benzene rings is 1. The van der Waals surface area contributed by atoms with E-state index in [1.807, 2.05) is 6.92 Å². The molecule has 0 radical (unpaired) electrons. The molecule has 1 aliphatic carbocycles. The molecule has 2 nitrogen and oxygen atoms in total. The van der Waals surface area contributed by atoms with E-state index in [1.165, 1.54) is 25.0 Å². The van der Waals surface area contributed by atoms with Crippen LogP contribution in [0, 0.1) is 5.82 Å². The van der Waals surface area contributed by atoms with E-state index >= 15 is 0 Å². The van der Waals surface area contributed by atoms with Gasteiger partial charge in [-0.15, -0.1) is 0 Å². The maximum Gasteiger partial charge on any atom is 0.127 e. The number of ether oxygens (including phenoxy) is 1. The molecule has 1 aliphatic rings. The lowest BCUT2D eigenvalue weighted by molar-refractivity contribution is 0.206. The molecule has 2 rings (SSSR count). The van der Waals surface area contributed by atoms with Gasteiger partial charge in [-0.05, 0) is 38.7 Å². The van der Waals surface area contributed by atoms with Crippen molar-refractivity contribution < 1.29 is 9.13 Å². The Morgan fingerprint density at radius 2 is 2.06 bits per heavy atom. The van der Waals surface area contributed by atoms with Gasteiger partial charge in [0.1, 0.15) is 11.6 Å². The van der Waals surface area contributed by atoms with E-state index < -0.39 is 0 Å². The van der Waals surface area contributed by atoms with Crippen molar-refractivity contribution in [2.45, 2.75) is 44.8 Å². The maximum absolute atomic E-state index is 13.2. The third-order valence-electron chi connectivity index (χ3n) is 3.06. The summed E-state index contributed by atoms with van der Waals surface area (Å²) in [6.45, 7) is 1.88. The van der Waals surface area contributed by atoms with Crippen LogP contribution < -0.4 is 10.5 Å². The third-order valence-corrected chi connectivity index (χ3v) is 3.06. The molecule has 2 N–H and O–H groups in total. The van der Waals surface area contributed by atoms with Crippen LogP contribution >= 0.6 is 0 Å². The van der Waals surface area contributed by atoms with Crippen LogP contribution in [-0.4, -0.2) is 6.10 Å². The van der Waals surface area contributed by atoms with Crippen LogP contribution in [0.1, 0.15) is 44.2 Å². The van der Waals surface area contributed by atoms with Crippen LogP contribution in [0.4, 0.5) is 4.39 Å². The van der Waals surface area contributed by atoms with E-state index in [0.29, 0.717) is 5.75 Å². The monoisotopic (exact) mass is 223 g/mol. The van der Waals surface area contributed by atoms with Crippen molar-refractivity contribution in [2.24, 2.45) is 5.73 Å². The highest BCUT2D eigenvalue weighted by molar-refractivity contribution is 5.36. The zero-order valence-corrected chi connectivity index (χ0v) is 9.58. The Hall–Kier alpha value is -1.09. The summed E-state index contributed by atoms with van der Waals surface area (Å²) in [5.74, 6) is 0.347. The fourth-order valence-electron chi connectivity index (χ4n) is 2.17. The van der Waals surface area contributed by atoms with Gasteiger partial charge in [-0.3, -0.25) is 0 Å². The molecule has 16 heavy (non-hydrogen) atoms. The Bertz CT molecular complexity index is 359. The van der Waals surface area contributed by atoms with Crippen molar-refractivity contribution in [1.29, 1.82) is 0 Å². The standard InChI is InChI=1S/C13H18FNO/c1-9(15)12-7-6-10(14)8-13(12)16-11-4-2-3-5-11/h6-9,11H,2-5,15H2,1H3/t9-/m1/s1. The summed E-state index contributed by atoms with van der Waals surface area (Å²) in [7, 11) is 0. The Morgan fingerprint density at radius 1 is 1.38 bits per heavy atom. The lowest BCUT2D eigenvalue weighted by Gasteiger charge is -2.18. The van der Waals surface area contributed by atoms with Gasteiger partial charge in [-0.1, -0.05) is 6.07 Å².